The van der Waals surface area contributed by atoms with E-state index >= 15 is 0 Å². The lowest BCUT2D eigenvalue weighted by atomic mass is 9.54. The molecule has 0 saturated heterocycles. The fourth-order valence-electron chi connectivity index (χ4n) is 4.47. The topological polar surface area (TPSA) is 37.3 Å². The van der Waals surface area contributed by atoms with Gasteiger partial charge in [-0.05, 0) is 41.5 Å². The predicted octanol–water partition coefficient (Wildman–Crippen LogP) is 4.45. The summed E-state index contributed by atoms with van der Waals surface area (Å²) in [6, 6.07) is 17.2. The van der Waals surface area contributed by atoms with Crippen molar-refractivity contribution >= 4 is 21.9 Å². The summed E-state index contributed by atoms with van der Waals surface area (Å²) in [5.74, 6) is -0.315. The molecule has 3 aliphatic carbocycles. The molecule has 22 heavy (non-hydrogen) atoms. The molecular formula is C19H17BrO2. The van der Waals surface area contributed by atoms with E-state index in [-0.39, 0.29) is 5.41 Å². The van der Waals surface area contributed by atoms with Crippen molar-refractivity contribution in [3.05, 3.63) is 70.8 Å². The molecule has 1 N–H and O–H groups in total. The highest BCUT2D eigenvalue weighted by molar-refractivity contribution is 9.10. The highest BCUT2D eigenvalue weighted by Gasteiger charge is 2.49. The van der Waals surface area contributed by atoms with Crippen LogP contribution in [0.1, 0.15) is 47.4 Å². The highest BCUT2D eigenvalue weighted by atomic mass is 79.9. The minimum absolute atomic E-state index is 0.172. The van der Waals surface area contributed by atoms with E-state index in [0.717, 1.165) is 12.8 Å². The number of aliphatic carboxylic acids is 1. The van der Waals surface area contributed by atoms with E-state index in [9.17, 15) is 9.90 Å². The van der Waals surface area contributed by atoms with Gasteiger partial charge >= 0.3 is 5.97 Å². The van der Waals surface area contributed by atoms with Crippen LogP contribution in [0.4, 0.5) is 0 Å². The summed E-state index contributed by atoms with van der Waals surface area (Å²) in [5, 5.41) is 9.38. The van der Waals surface area contributed by atoms with Crippen LogP contribution >= 0.6 is 15.9 Å². The second-order valence-electron chi connectivity index (χ2n) is 6.36. The molecular weight excluding hydrogens is 340 g/mol. The number of rotatable bonds is 3. The first-order valence-corrected chi connectivity index (χ1v) is 8.61. The summed E-state index contributed by atoms with van der Waals surface area (Å²) < 4.78 is 0. The molecule has 3 aliphatic rings. The molecule has 0 saturated carbocycles. The van der Waals surface area contributed by atoms with E-state index in [1.165, 1.54) is 22.3 Å². The Balaban J connectivity index is 1.95. The van der Waals surface area contributed by atoms with E-state index in [1.807, 2.05) is 0 Å². The molecule has 2 bridgehead atoms. The van der Waals surface area contributed by atoms with Gasteiger partial charge in [-0.25, -0.2) is 0 Å². The maximum Gasteiger partial charge on any atom is 0.317 e. The van der Waals surface area contributed by atoms with Crippen LogP contribution in [0.3, 0.4) is 0 Å². The van der Waals surface area contributed by atoms with Crippen LogP contribution in [0.25, 0.3) is 0 Å². The van der Waals surface area contributed by atoms with Gasteiger partial charge in [0.1, 0.15) is 4.83 Å². The van der Waals surface area contributed by atoms with E-state index in [0.29, 0.717) is 12.3 Å². The van der Waals surface area contributed by atoms with Crippen molar-refractivity contribution in [1.82, 2.24) is 0 Å². The zero-order valence-corrected chi connectivity index (χ0v) is 13.7. The lowest BCUT2D eigenvalue weighted by molar-refractivity contribution is -0.136. The van der Waals surface area contributed by atoms with E-state index < -0.39 is 10.8 Å². The van der Waals surface area contributed by atoms with Gasteiger partial charge in [0.2, 0.25) is 0 Å². The Morgan fingerprint density at radius 2 is 1.68 bits per heavy atom. The Hall–Kier alpha value is -1.61. The third-order valence-electron chi connectivity index (χ3n) is 5.36. The summed E-state index contributed by atoms with van der Waals surface area (Å²) in [6.07, 6.45) is 2.73. The van der Waals surface area contributed by atoms with Crippen molar-refractivity contribution in [3.8, 4) is 0 Å². The molecule has 1 atom stereocenters. The van der Waals surface area contributed by atoms with Crippen LogP contribution < -0.4 is 0 Å². The zero-order valence-electron chi connectivity index (χ0n) is 12.1. The van der Waals surface area contributed by atoms with Gasteiger partial charge in [-0.3, -0.25) is 4.79 Å². The number of hydrogen-bond donors (Lipinski definition) is 1. The van der Waals surface area contributed by atoms with Crippen LogP contribution in [-0.4, -0.2) is 15.9 Å². The lowest BCUT2D eigenvalue weighted by Gasteiger charge is -2.50. The van der Waals surface area contributed by atoms with Crippen molar-refractivity contribution in [2.24, 2.45) is 0 Å². The molecule has 1 unspecified atom stereocenters. The monoisotopic (exact) mass is 356 g/mol. The molecule has 5 rings (SSSR count). The molecule has 0 aromatic heterocycles. The fourth-order valence-corrected chi connectivity index (χ4v) is 5.02. The van der Waals surface area contributed by atoms with Crippen molar-refractivity contribution < 1.29 is 9.90 Å². The van der Waals surface area contributed by atoms with Gasteiger partial charge in [0.15, 0.2) is 0 Å². The number of carboxylic acid groups (broad SMARTS) is 1. The molecule has 2 nitrogen and oxygen atoms in total. The quantitative estimate of drug-likeness (QED) is 0.824. The Bertz CT molecular complexity index is 705. The van der Waals surface area contributed by atoms with E-state index in [1.54, 1.807) is 0 Å². The summed E-state index contributed by atoms with van der Waals surface area (Å²) in [5.41, 5.74) is 5.26. The van der Waals surface area contributed by atoms with Gasteiger partial charge in [-0.2, -0.15) is 0 Å². The Kier molecular flexibility index (Phi) is 3.15. The third kappa shape index (κ3) is 1.81. The molecule has 0 heterocycles. The molecule has 3 heteroatoms. The average Bonchev–Trinajstić information content (AvgIpc) is 2.55. The van der Waals surface area contributed by atoms with Crippen LogP contribution in [0.2, 0.25) is 0 Å². The first-order valence-electron chi connectivity index (χ1n) is 7.69. The molecule has 0 aliphatic heterocycles. The van der Waals surface area contributed by atoms with E-state index in [2.05, 4.69) is 64.5 Å². The first-order chi connectivity index (χ1) is 10.6. The number of carboxylic acids is 1. The standard InChI is InChI=1S/C19H17BrO2/c20-17(18(21)22)11-19-10-9-12(13-5-1-3-7-15(13)19)14-6-2-4-8-16(14)19/h1-8,12,17H,9-11H2,(H,21,22). The molecule has 0 radical (unpaired) electrons. The smallest absolute Gasteiger partial charge is 0.317 e. The third-order valence-corrected chi connectivity index (χ3v) is 6.07. The minimum Gasteiger partial charge on any atom is -0.480 e. The predicted molar refractivity (Wildman–Crippen MR) is 89.7 cm³/mol. The van der Waals surface area contributed by atoms with Crippen molar-refractivity contribution in [3.63, 3.8) is 0 Å². The normalized spacial score (nSPS) is 26.1. The zero-order chi connectivity index (χ0) is 15.3. The minimum atomic E-state index is -0.781. The van der Waals surface area contributed by atoms with Crippen molar-refractivity contribution in [1.29, 1.82) is 0 Å². The molecule has 112 valence electrons. The summed E-state index contributed by atoms with van der Waals surface area (Å²) in [4.78, 5) is 10.9. The number of halogens is 1. The van der Waals surface area contributed by atoms with Crippen LogP contribution in [0.15, 0.2) is 48.5 Å². The van der Waals surface area contributed by atoms with Crippen molar-refractivity contribution in [2.75, 3.05) is 0 Å². The first kappa shape index (κ1) is 14.0. The van der Waals surface area contributed by atoms with Gasteiger partial charge in [0, 0.05) is 11.3 Å². The number of benzene rings is 2. The molecule has 0 fully saturated rings. The van der Waals surface area contributed by atoms with Crippen LogP contribution in [0.5, 0.6) is 0 Å². The number of hydrogen-bond acceptors (Lipinski definition) is 1. The van der Waals surface area contributed by atoms with Gasteiger partial charge in [0.05, 0.1) is 0 Å². The van der Waals surface area contributed by atoms with Crippen molar-refractivity contribution in [2.45, 2.75) is 35.4 Å². The number of fused-ring (bicyclic) bond motifs is 1. The molecule has 2 aromatic rings. The molecule has 0 amide bonds. The van der Waals surface area contributed by atoms with Crippen LogP contribution in [-0.2, 0) is 10.2 Å². The number of alkyl halides is 1. The van der Waals surface area contributed by atoms with E-state index in [4.69, 9.17) is 0 Å². The van der Waals surface area contributed by atoms with Gasteiger partial charge in [0.25, 0.3) is 0 Å². The number of carbonyl (C=O) groups is 1. The van der Waals surface area contributed by atoms with Crippen LogP contribution in [0, 0.1) is 0 Å². The molecule has 2 aromatic carbocycles. The Labute approximate surface area is 138 Å². The second-order valence-corrected chi connectivity index (χ2v) is 7.46. The second kappa shape index (κ2) is 4.95. The van der Waals surface area contributed by atoms with Gasteiger partial charge < -0.3 is 5.11 Å². The highest BCUT2D eigenvalue weighted by Crippen LogP contribution is 2.58. The average molecular weight is 357 g/mol. The maximum atomic E-state index is 11.4. The Morgan fingerprint density at radius 1 is 1.14 bits per heavy atom. The summed E-state index contributed by atoms with van der Waals surface area (Å²) in [6.45, 7) is 0. The summed E-state index contributed by atoms with van der Waals surface area (Å²) >= 11 is 3.38. The van der Waals surface area contributed by atoms with Gasteiger partial charge in [-0.1, -0.05) is 64.5 Å². The molecule has 0 spiro atoms. The Morgan fingerprint density at radius 3 is 2.23 bits per heavy atom. The maximum absolute atomic E-state index is 11.4. The summed E-state index contributed by atoms with van der Waals surface area (Å²) in [7, 11) is 0. The fraction of sp³-hybridized carbons (Fsp3) is 0.316. The largest absolute Gasteiger partial charge is 0.480 e. The SMILES string of the molecule is O=C(O)C(Br)CC12CCC(c3ccccc31)c1ccccc12. The van der Waals surface area contributed by atoms with Gasteiger partial charge in [-0.15, -0.1) is 0 Å². The lowest BCUT2D eigenvalue weighted by Crippen LogP contribution is -2.42.